The first-order valence-corrected chi connectivity index (χ1v) is 12.7. The van der Waals surface area contributed by atoms with Crippen molar-refractivity contribution in [2.75, 3.05) is 0 Å². The third-order valence-corrected chi connectivity index (χ3v) is 4.45. The summed E-state index contributed by atoms with van der Waals surface area (Å²) in [6.07, 6.45) is 0.850. The Balaban J connectivity index is 0.00000168. The van der Waals surface area contributed by atoms with E-state index in [0.29, 0.717) is 11.3 Å². The number of ether oxygens (including phenoxy) is 1. The van der Waals surface area contributed by atoms with Crippen molar-refractivity contribution in [3.8, 4) is 17.6 Å². The number of benzene rings is 3. The van der Waals surface area contributed by atoms with Crippen molar-refractivity contribution in [3.63, 3.8) is 0 Å². The molecule has 0 aliphatic rings. The Hall–Kier alpha value is -3.08. The third kappa shape index (κ3) is 11.2. The molecule has 3 aromatic rings. The Bertz CT molecular complexity index is 1070. The predicted molar refractivity (Wildman–Crippen MR) is 152 cm³/mol. The maximum Gasteiger partial charge on any atom is 0.343 e. The van der Waals surface area contributed by atoms with Gasteiger partial charge in [-0.05, 0) is 84.6 Å². The van der Waals surface area contributed by atoms with Crippen LogP contribution in [0.2, 0.25) is 0 Å². The number of hydrogen-bond acceptors (Lipinski definition) is 4. The topological polar surface area (TPSA) is 38.7 Å². The van der Waals surface area contributed by atoms with E-state index in [0.717, 1.165) is 28.5 Å². The monoisotopic (exact) mass is 491 g/mol. The van der Waals surface area contributed by atoms with Gasteiger partial charge in [-0.2, -0.15) is 4.99 Å². The Labute approximate surface area is 212 Å². The second-order valence-electron chi connectivity index (χ2n) is 5.81. The van der Waals surface area contributed by atoms with Crippen molar-refractivity contribution in [1.82, 2.24) is 0 Å². The minimum Gasteiger partial charge on any atom is -0.423 e. The van der Waals surface area contributed by atoms with Crippen molar-refractivity contribution in [1.29, 1.82) is 0 Å². The lowest BCUT2D eigenvalue weighted by molar-refractivity contribution is 0.0734. The zero-order valence-electron chi connectivity index (χ0n) is 20.9. The van der Waals surface area contributed by atoms with Gasteiger partial charge in [0.2, 0.25) is 0 Å². The number of carbonyl (C=O) groups excluding carboxylic acids is 1. The second-order valence-corrected chi connectivity index (χ2v) is 6.41. The number of hydrogen-bond donors (Lipinski definition) is 0. The van der Waals surface area contributed by atoms with Crippen molar-refractivity contribution in [2.45, 2.75) is 47.7 Å². The van der Waals surface area contributed by atoms with Crippen molar-refractivity contribution in [2.24, 2.45) is 4.99 Å². The maximum atomic E-state index is 12.2. The van der Waals surface area contributed by atoms with E-state index in [-0.39, 0.29) is 5.97 Å². The Morgan fingerprint density at radius 1 is 0.794 bits per heavy atom. The fraction of sp³-hybridized carbons (Fsp3) is 0.241. The molecule has 0 aromatic heterocycles. The molecule has 0 saturated heterocycles. The summed E-state index contributed by atoms with van der Waals surface area (Å²) in [4.78, 5) is 16.1. The van der Waals surface area contributed by atoms with Crippen LogP contribution in [0, 0.1) is 11.8 Å². The van der Waals surface area contributed by atoms with Gasteiger partial charge in [-0.3, -0.25) is 0 Å². The van der Waals surface area contributed by atoms with E-state index >= 15 is 0 Å². The first kappa shape index (κ1) is 30.9. The van der Waals surface area contributed by atoms with Crippen LogP contribution in [-0.4, -0.2) is 11.1 Å². The molecule has 1 atom stereocenters. The highest BCUT2D eigenvalue weighted by Crippen LogP contribution is 2.16. The summed E-state index contributed by atoms with van der Waals surface area (Å²) in [7, 11) is 2.65. The minimum absolute atomic E-state index is 0.381. The largest absolute Gasteiger partial charge is 0.423 e. The Morgan fingerprint density at radius 2 is 1.26 bits per heavy atom. The van der Waals surface area contributed by atoms with Crippen molar-refractivity contribution < 1.29 is 9.53 Å². The van der Waals surface area contributed by atoms with Crippen LogP contribution in [0.5, 0.6) is 5.75 Å². The molecule has 0 radical (unpaired) electrons. The van der Waals surface area contributed by atoms with Crippen LogP contribution in [-0.2, 0) is 6.16 Å². The molecule has 5 heteroatoms. The number of esters is 1. The molecule has 34 heavy (non-hydrogen) atoms. The average Bonchev–Trinajstić information content (AvgIpc) is 2.92. The van der Waals surface area contributed by atoms with Crippen LogP contribution < -0.4 is 4.74 Å². The van der Waals surface area contributed by atoms with Crippen molar-refractivity contribution >= 4 is 38.3 Å². The molecule has 1 unspecified atom stereocenters. The van der Waals surface area contributed by atoms with Crippen LogP contribution in [0.15, 0.2) is 77.8 Å². The summed E-state index contributed by atoms with van der Waals surface area (Å²) in [6, 6.07) is 21.9. The van der Waals surface area contributed by atoms with Crippen LogP contribution >= 0.6 is 21.5 Å². The van der Waals surface area contributed by atoms with Gasteiger partial charge in [0.1, 0.15) is 5.75 Å². The normalized spacial score (nSPS) is 8.44. The number of rotatable bonds is 4. The van der Waals surface area contributed by atoms with E-state index < -0.39 is 0 Å². The summed E-state index contributed by atoms with van der Waals surface area (Å²) in [6.45, 7) is 12.0. The van der Waals surface area contributed by atoms with Gasteiger partial charge in [0, 0.05) is 11.1 Å². The van der Waals surface area contributed by atoms with Gasteiger partial charge in [-0.15, -0.1) is 9.24 Å². The molecule has 3 nitrogen and oxygen atoms in total. The number of aliphatic imine (C=N–C) groups is 1. The van der Waals surface area contributed by atoms with Crippen LogP contribution in [0.3, 0.4) is 0 Å². The number of isothiocyanates is 1. The summed E-state index contributed by atoms with van der Waals surface area (Å²) in [5.74, 6) is 6.26. The molecule has 3 rings (SSSR count). The molecule has 0 spiro atoms. The number of nitrogens with zero attached hydrogens (tertiary/aromatic N) is 1. The van der Waals surface area contributed by atoms with Crippen LogP contribution in [0.25, 0.3) is 0 Å². The molecule has 0 N–H and O–H groups in total. The Morgan fingerprint density at radius 3 is 1.71 bits per heavy atom. The molecule has 0 saturated carbocycles. The van der Waals surface area contributed by atoms with Gasteiger partial charge >= 0.3 is 5.97 Å². The minimum atomic E-state index is -0.381. The molecule has 0 fully saturated rings. The highest BCUT2D eigenvalue weighted by Gasteiger charge is 2.08. The van der Waals surface area contributed by atoms with Gasteiger partial charge in [-0.25, -0.2) is 4.79 Å². The van der Waals surface area contributed by atoms with E-state index in [1.54, 1.807) is 24.3 Å². The predicted octanol–water partition coefficient (Wildman–Crippen LogP) is 8.49. The summed E-state index contributed by atoms with van der Waals surface area (Å²) >= 11 is 4.58. The molecule has 0 bridgehead atoms. The summed E-state index contributed by atoms with van der Waals surface area (Å²) in [5, 5.41) is 2.33. The lowest BCUT2D eigenvalue weighted by Gasteiger charge is -2.05. The SMILES string of the molecule is CC.CC.CC.O=C(Oc1ccc(C#Cc2ccc(N=C=S)cc2)cc1)c1ccc(CP)cc1. The molecule has 3 aromatic carbocycles. The quantitative estimate of drug-likeness (QED) is 0.0917. The molecule has 0 aliphatic heterocycles. The van der Waals surface area contributed by atoms with E-state index in [1.807, 2.05) is 90.1 Å². The summed E-state index contributed by atoms with van der Waals surface area (Å²) < 4.78 is 5.41. The second kappa shape index (κ2) is 19.4. The molecule has 178 valence electrons. The molecule has 0 heterocycles. The summed E-state index contributed by atoms with van der Waals surface area (Å²) in [5.41, 5.74) is 4.10. The van der Waals surface area contributed by atoms with Crippen LogP contribution in [0.4, 0.5) is 5.69 Å². The smallest absolute Gasteiger partial charge is 0.343 e. The fourth-order valence-corrected chi connectivity index (χ4v) is 2.74. The lowest BCUT2D eigenvalue weighted by atomic mass is 10.1. The van der Waals surface area contributed by atoms with E-state index in [4.69, 9.17) is 4.74 Å². The van der Waals surface area contributed by atoms with Crippen molar-refractivity contribution in [3.05, 3.63) is 95.1 Å². The van der Waals surface area contributed by atoms with Gasteiger partial charge < -0.3 is 4.74 Å². The fourth-order valence-electron chi connectivity index (χ4n) is 2.37. The standard InChI is InChI=1S/C23H16NO2PS.3C2H6/c25-23(20-9-3-19(15-27)4-10-20)26-22-13-7-18(8-14-22)2-1-17-5-11-21(12-6-17)24-16-28;3*1-2/h3-14H,15,27H2;3*1-2H3. The highest BCUT2D eigenvalue weighted by atomic mass is 32.1. The van der Waals surface area contributed by atoms with Gasteiger partial charge in [-0.1, -0.05) is 65.5 Å². The average molecular weight is 492 g/mol. The third-order valence-electron chi connectivity index (χ3n) is 3.88. The van der Waals surface area contributed by atoms with E-state index in [9.17, 15) is 4.79 Å². The molecular weight excluding hydrogens is 457 g/mol. The van der Waals surface area contributed by atoms with Gasteiger partial charge in [0.15, 0.2) is 0 Å². The molecule has 0 amide bonds. The zero-order valence-corrected chi connectivity index (χ0v) is 22.9. The van der Waals surface area contributed by atoms with E-state index in [1.165, 1.54) is 0 Å². The maximum absolute atomic E-state index is 12.2. The molecule has 0 aliphatic carbocycles. The zero-order chi connectivity index (χ0) is 25.8. The highest BCUT2D eigenvalue weighted by molar-refractivity contribution is 7.78. The van der Waals surface area contributed by atoms with Gasteiger partial charge in [0.25, 0.3) is 0 Å². The molecular formula is C29H34NO2PS. The number of thiocarbonyl (C=S) groups is 1. The first-order chi connectivity index (χ1) is 16.7. The van der Waals surface area contributed by atoms with E-state index in [2.05, 4.69) is 43.5 Å². The lowest BCUT2D eigenvalue weighted by Crippen LogP contribution is -2.08. The van der Waals surface area contributed by atoms with Crippen LogP contribution in [0.1, 0.15) is 68.6 Å². The first-order valence-electron chi connectivity index (χ1n) is 11.5. The Kier molecular flexibility index (Phi) is 17.6. The number of carbonyl (C=O) groups is 1. The van der Waals surface area contributed by atoms with Gasteiger partial charge in [0.05, 0.1) is 16.4 Å².